The Labute approximate surface area is 113 Å². The number of hydrogen-bond acceptors (Lipinski definition) is 6. The van der Waals surface area contributed by atoms with Crippen molar-refractivity contribution in [2.24, 2.45) is 0 Å². The van der Waals surface area contributed by atoms with Gasteiger partial charge in [0, 0.05) is 5.75 Å². The van der Waals surface area contributed by atoms with Gasteiger partial charge in [-0.05, 0) is 24.6 Å². The molecule has 6 heteroatoms. The fourth-order valence-corrected chi connectivity index (χ4v) is 3.68. The lowest BCUT2D eigenvalue weighted by atomic mass is 10.2. The van der Waals surface area contributed by atoms with Crippen LogP contribution in [0.25, 0.3) is 0 Å². The second-order valence-electron chi connectivity index (χ2n) is 3.90. The summed E-state index contributed by atoms with van der Waals surface area (Å²) in [6, 6.07) is 6.03. The number of thiazole rings is 1. The quantitative estimate of drug-likeness (QED) is 0.876. The van der Waals surface area contributed by atoms with Gasteiger partial charge in [-0.1, -0.05) is 17.4 Å². The number of rotatable bonds is 3. The fraction of sp³-hybridized carbons (Fsp3) is 0.250. The van der Waals surface area contributed by atoms with Crippen molar-refractivity contribution in [2.45, 2.75) is 16.9 Å². The van der Waals surface area contributed by atoms with Crippen LogP contribution in [-0.2, 0) is 5.75 Å². The van der Waals surface area contributed by atoms with Crippen LogP contribution in [0.2, 0.25) is 0 Å². The molecular weight excluding hydrogens is 268 g/mol. The molecule has 2 aromatic rings. The third kappa shape index (κ3) is 2.26. The predicted molar refractivity (Wildman–Crippen MR) is 73.4 cm³/mol. The SMILES string of the molecule is Cc1nc(N)sc1SCc1ccc2c(c1)OCO2. The topological polar surface area (TPSA) is 57.4 Å². The molecule has 1 aromatic carbocycles. The van der Waals surface area contributed by atoms with Gasteiger partial charge in [-0.3, -0.25) is 0 Å². The van der Waals surface area contributed by atoms with E-state index in [1.54, 1.807) is 11.8 Å². The fourth-order valence-electron chi connectivity index (χ4n) is 1.72. The average molecular weight is 280 g/mol. The molecule has 0 aliphatic carbocycles. The van der Waals surface area contributed by atoms with Crippen LogP contribution in [0.1, 0.15) is 11.3 Å². The van der Waals surface area contributed by atoms with Crippen LogP contribution in [0.15, 0.2) is 22.4 Å². The number of nitrogens with zero attached hydrogens (tertiary/aromatic N) is 1. The van der Waals surface area contributed by atoms with E-state index in [1.807, 2.05) is 19.1 Å². The highest BCUT2D eigenvalue weighted by atomic mass is 32.2. The molecule has 18 heavy (non-hydrogen) atoms. The monoisotopic (exact) mass is 280 g/mol. The number of anilines is 1. The summed E-state index contributed by atoms with van der Waals surface area (Å²) < 4.78 is 11.8. The van der Waals surface area contributed by atoms with Crippen LogP contribution in [-0.4, -0.2) is 11.8 Å². The largest absolute Gasteiger partial charge is 0.454 e. The first-order chi connectivity index (χ1) is 8.72. The van der Waals surface area contributed by atoms with Crippen molar-refractivity contribution in [1.82, 2.24) is 4.98 Å². The summed E-state index contributed by atoms with van der Waals surface area (Å²) in [4.78, 5) is 4.21. The van der Waals surface area contributed by atoms with Gasteiger partial charge in [0.2, 0.25) is 6.79 Å². The van der Waals surface area contributed by atoms with Crippen LogP contribution in [0.4, 0.5) is 5.13 Å². The van der Waals surface area contributed by atoms with E-state index in [1.165, 1.54) is 21.1 Å². The van der Waals surface area contributed by atoms with Crippen LogP contribution >= 0.6 is 23.1 Å². The zero-order chi connectivity index (χ0) is 12.5. The summed E-state index contributed by atoms with van der Waals surface area (Å²) in [6.07, 6.45) is 0. The smallest absolute Gasteiger partial charge is 0.231 e. The van der Waals surface area contributed by atoms with Crippen molar-refractivity contribution in [3.63, 3.8) is 0 Å². The van der Waals surface area contributed by atoms with Gasteiger partial charge in [-0.2, -0.15) is 0 Å². The van der Waals surface area contributed by atoms with Gasteiger partial charge in [0.25, 0.3) is 0 Å². The van der Waals surface area contributed by atoms with Crippen molar-refractivity contribution in [1.29, 1.82) is 0 Å². The number of ether oxygens (including phenoxy) is 2. The van der Waals surface area contributed by atoms with E-state index in [2.05, 4.69) is 11.1 Å². The first-order valence-corrected chi connectivity index (χ1v) is 7.27. The van der Waals surface area contributed by atoms with E-state index in [0.29, 0.717) is 11.9 Å². The zero-order valence-corrected chi connectivity index (χ0v) is 11.4. The second-order valence-corrected chi connectivity index (χ2v) is 6.18. The standard InChI is InChI=1S/C12H12N2O2S2/c1-7-11(18-12(13)14-7)17-5-8-2-3-9-10(4-8)16-6-15-9/h2-4H,5-6H2,1H3,(H2,13,14). The highest BCUT2D eigenvalue weighted by Crippen LogP contribution is 2.36. The molecule has 2 N–H and O–H groups in total. The highest BCUT2D eigenvalue weighted by molar-refractivity contribution is 8.00. The molecule has 94 valence electrons. The Morgan fingerprint density at radius 1 is 1.39 bits per heavy atom. The number of benzene rings is 1. The van der Waals surface area contributed by atoms with Crippen molar-refractivity contribution in [3.05, 3.63) is 29.5 Å². The molecule has 0 saturated carbocycles. The summed E-state index contributed by atoms with van der Waals surface area (Å²) in [6.45, 7) is 2.30. The average Bonchev–Trinajstić information content (AvgIpc) is 2.92. The molecule has 1 aromatic heterocycles. The van der Waals surface area contributed by atoms with Crippen molar-refractivity contribution in [3.8, 4) is 11.5 Å². The van der Waals surface area contributed by atoms with Gasteiger partial charge < -0.3 is 15.2 Å². The van der Waals surface area contributed by atoms with Gasteiger partial charge in [-0.25, -0.2) is 4.98 Å². The van der Waals surface area contributed by atoms with Crippen LogP contribution in [0.3, 0.4) is 0 Å². The Kier molecular flexibility index (Phi) is 3.05. The van der Waals surface area contributed by atoms with Crippen LogP contribution in [0.5, 0.6) is 11.5 Å². The minimum atomic E-state index is 0.316. The summed E-state index contributed by atoms with van der Waals surface area (Å²) >= 11 is 3.28. The molecule has 0 fully saturated rings. The molecule has 0 saturated heterocycles. The van der Waals surface area contributed by atoms with E-state index in [9.17, 15) is 0 Å². The van der Waals surface area contributed by atoms with Gasteiger partial charge in [-0.15, -0.1) is 11.8 Å². The molecule has 2 heterocycles. The van der Waals surface area contributed by atoms with Gasteiger partial charge in [0.05, 0.1) is 9.90 Å². The molecule has 0 unspecified atom stereocenters. The number of nitrogen functional groups attached to an aromatic ring is 1. The van der Waals surface area contributed by atoms with Crippen molar-refractivity contribution < 1.29 is 9.47 Å². The van der Waals surface area contributed by atoms with Crippen LogP contribution < -0.4 is 15.2 Å². The van der Waals surface area contributed by atoms with Crippen molar-refractivity contribution >= 4 is 28.2 Å². The molecule has 0 amide bonds. The minimum absolute atomic E-state index is 0.316. The van der Waals surface area contributed by atoms with Gasteiger partial charge in [0.1, 0.15) is 0 Å². The van der Waals surface area contributed by atoms with E-state index in [-0.39, 0.29) is 0 Å². The normalized spacial score (nSPS) is 12.9. The van der Waals surface area contributed by atoms with Gasteiger partial charge in [0.15, 0.2) is 16.6 Å². The lowest BCUT2D eigenvalue weighted by Crippen LogP contribution is -1.92. The lowest BCUT2D eigenvalue weighted by molar-refractivity contribution is 0.174. The Balaban J connectivity index is 1.72. The first kappa shape index (κ1) is 11.7. The number of nitrogens with two attached hydrogens (primary N) is 1. The Bertz CT molecular complexity index is 583. The Hall–Kier alpha value is -1.40. The number of aromatic nitrogens is 1. The minimum Gasteiger partial charge on any atom is -0.454 e. The van der Waals surface area contributed by atoms with E-state index >= 15 is 0 Å². The predicted octanol–water partition coefficient (Wildman–Crippen LogP) is 3.05. The Morgan fingerprint density at radius 3 is 3.00 bits per heavy atom. The molecule has 4 nitrogen and oxygen atoms in total. The maximum atomic E-state index is 5.68. The van der Waals surface area contributed by atoms with E-state index in [0.717, 1.165) is 22.9 Å². The van der Waals surface area contributed by atoms with E-state index in [4.69, 9.17) is 15.2 Å². The first-order valence-electron chi connectivity index (χ1n) is 5.46. The van der Waals surface area contributed by atoms with Crippen LogP contribution in [0, 0.1) is 6.92 Å². The molecule has 1 aliphatic rings. The zero-order valence-electron chi connectivity index (χ0n) is 9.80. The molecule has 0 spiro atoms. The number of aryl methyl sites for hydroxylation is 1. The second kappa shape index (κ2) is 4.70. The summed E-state index contributed by atoms with van der Waals surface area (Å²) in [5.74, 6) is 2.52. The molecule has 3 rings (SSSR count). The lowest BCUT2D eigenvalue weighted by Gasteiger charge is -2.02. The summed E-state index contributed by atoms with van der Waals surface area (Å²) in [5.41, 5.74) is 7.89. The number of fused-ring (bicyclic) bond motifs is 1. The molecule has 0 atom stereocenters. The summed E-state index contributed by atoms with van der Waals surface area (Å²) in [7, 11) is 0. The molecule has 0 radical (unpaired) electrons. The number of hydrogen-bond donors (Lipinski definition) is 1. The highest BCUT2D eigenvalue weighted by Gasteiger charge is 2.13. The summed E-state index contributed by atoms with van der Waals surface area (Å²) in [5, 5.41) is 0.626. The molecular formula is C12H12N2O2S2. The number of thioether (sulfide) groups is 1. The van der Waals surface area contributed by atoms with E-state index < -0.39 is 0 Å². The third-order valence-corrected chi connectivity index (χ3v) is 5.00. The molecule has 0 bridgehead atoms. The maximum Gasteiger partial charge on any atom is 0.231 e. The molecule has 1 aliphatic heterocycles. The maximum absolute atomic E-state index is 5.68. The van der Waals surface area contributed by atoms with Crippen molar-refractivity contribution in [2.75, 3.05) is 12.5 Å². The van der Waals surface area contributed by atoms with Gasteiger partial charge >= 0.3 is 0 Å². The third-order valence-electron chi connectivity index (χ3n) is 2.58. The Morgan fingerprint density at radius 2 is 2.22 bits per heavy atom.